The van der Waals surface area contributed by atoms with E-state index in [0.717, 1.165) is 0 Å². The Kier molecular flexibility index (Phi) is 4.51. The van der Waals surface area contributed by atoms with Gasteiger partial charge in [0.25, 0.3) is 0 Å². The molecule has 0 saturated heterocycles. The Morgan fingerprint density at radius 1 is 0.545 bits per heavy atom. The van der Waals surface area contributed by atoms with Gasteiger partial charge < -0.3 is 0 Å². The van der Waals surface area contributed by atoms with Crippen molar-refractivity contribution in [3.8, 4) is 0 Å². The summed E-state index contributed by atoms with van der Waals surface area (Å²) >= 11 is 0. The first kappa shape index (κ1) is 8.32. The lowest BCUT2D eigenvalue weighted by molar-refractivity contribution is 0.696. The minimum atomic E-state index is 1.24. The Morgan fingerprint density at radius 3 is 1.64 bits per heavy atom. The minimum absolute atomic E-state index is 1.24. The summed E-state index contributed by atoms with van der Waals surface area (Å²) in [7, 11) is 0. The van der Waals surface area contributed by atoms with E-state index in [9.17, 15) is 0 Å². The van der Waals surface area contributed by atoms with Gasteiger partial charge in [-0.25, -0.2) is 0 Å². The van der Waals surface area contributed by atoms with Crippen molar-refractivity contribution in [3.63, 3.8) is 0 Å². The van der Waals surface area contributed by atoms with Gasteiger partial charge >= 0.3 is 0 Å². The molecule has 0 nitrogen and oxygen atoms in total. The van der Waals surface area contributed by atoms with Gasteiger partial charge in [0.05, 0.1) is 0 Å². The van der Waals surface area contributed by atoms with E-state index in [1.165, 1.54) is 32.1 Å². The summed E-state index contributed by atoms with van der Waals surface area (Å²) in [5.41, 5.74) is 0. The van der Waals surface area contributed by atoms with E-state index in [1.807, 2.05) is 0 Å². The van der Waals surface area contributed by atoms with Gasteiger partial charge in [0.1, 0.15) is 0 Å². The third-order valence-corrected chi connectivity index (χ3v) is 1.85. The molecule has 0 fully saturated rings. The molecule has 0 aromatic heterocycles. The lowest BCUT2D eigenvalue weighted by Crippen LogP contribution is -1.73. The normalized spacial score (nSPS) is 22.5. The highest BCUT2D eigenvalue weighted by Gasteiger charge is 1.85. The third-order valence-electron chi connectivity index (χ3n) is 1.85. The molecule has 1 rings (SSSR count). The first-order chi connectivity index (χ1) is 5.50. The summed E-state index contributed by atoms with van der Waals surface area (Å²) in [5, 5.41) is 0. The Morgan fingerprint density at radius 2 is 1.09 bits per heavy atom. The molecule has 1 aliphatic carbocycles. The van der Waals surface area contributed by atoms with Gasteiger partial charge in [-0.1, -0.05) is 42.9 Å². The van der Waals surface area contributed by atoms with Crippen molar-refractivity contribution in [3.05, 3.63) is 36.5 Å². The van der Waals surface area contributed by atoms with Crippen molar-refractivity contribution in [2.45, 2.75) is 32.1 Å². The molecule has 0 N–H and O–H groups in total. The maximum atomic E-state index is 2.25. The van der Waals surface area contributed by atoms with Gasteiger partial charge in [-0.3, -0.25) is 0 Å². The molecular weight excluding hydrogens is 132 g/mol. The first-order valence-electron chi connectivity index (χ1n) is 4.48. The highest BCUT2D eigenvalue weighted by molar-refractivity contribution is 5.11. The molecule has 1 aliphatic rings. The number of allylic oxidation sites excluding steroid dienone is 6. The molecule has 60 valence electrons. The molecule has 0 heteroatoms. The summed E-state index contributed by atoms with van der Waals surface area (Å²) in [6, 6.07) is 0. The average molecular weight is 148 g/mol. The van der Waals surface area contributed by atoms with E-state index < -0.39 is 0 Å². The lowest BCUT2D eigenvalue weighted by atomic mass is 10.1. The standard InChI is InChI=1S/C11H16/c1-2-4-6-8-10-11-9-7-5-3-1/h1-6H,7-11H2/b2-1?,5-3+,6-4?. The summed E-state index contributed by atoms with van der Waals surface area (Å²) in [6.45, 7) is 0. The van der Waals surface area contributed by atoms with Crippen molar-refractivity contribution < 1.29 is 0 Å². The van der Waals surface area contributed by atoms with Crippen LogP contribution >= 0.6 is 0 Å². The monoisotopic (exact) mass is 148 g/mol. The van der Waals surface area contributed by atoms with E-state index in [0.29, 0.717) is 0 Å². The average Bonchev–Trinajstić information content (AvgIpc) is 2.08. The maximum absolute atomic E-state index is 2.25. The maximum Gasteiger partial charge on any atom is -0.0348 e. The smallest absolute Gasteiger partial charge is 0.0348 e. The predicted octanol–water partition coefficient (Wildman–Crippen LogP) is 3.62. The van der Waals surface area contributed by atoms with Crippen molar-refractivity contribution >= 4 is 0 Å². The van der Waals surface area contributed by atoms with Crippen LogP contribution in [0.2, 0.25) is 0 Å². The summed E-state index contributed by atoms with van der Waals surface area (Å²) in [6.07, 6.45) is 19.5. The van der Waals surface area contributed by atoms with Crippen LogP contribution in [0.4, 0.5) is 0 Å². The summed E-state index contributed by atoms with van der Waals surface area (Å²) < 4.78 is 0. The molecule has 0 unspecified atom stereocenters. The molecule has 0 aromatic rings. The van der Waals surface area contributed by atoms with Crippen LogP contribution in [0.15, 0.2) is 36.5 Å². The molecule has 11 heavy (non-hydrogen) atoms. The van der Waals surface area contributed by atoms with Crippen LogP contribution in [0, 0.1) is 0 Å². The zero-order chi connectivity index (χ0) is 7.78. The molecule has 0 aromatic carbocycles. The summed E-state index contributed by atoms with van der Waals surface area (Å²) in [5.74, 6) is 0. The van der Waals surface area contributed by atoms with Gasteiger partial charge in [0.2, 0.25) is 0 Å². The Labute approximate surface area is 69.3 Å². The highest BCUT2D eigenvalue weighted by atomic mass is 13.9. The molecule has 0 bridgehead atoms. The van der Waals surface area contributed by atoms with Crippen LogP contribution in [-0.4, -0.2) is 0 Å². The Bertz CT molecular complexity index is 143. The molecule has 0 aliphatic heterocycles. The lowest BCUT2D eigenvalue weighted by Gasteiger charge is -1.93. The van der Waals surface area contributed by atoms with Crippen LogP contribution in [0.3, 0.4) is 0 Å². The second kappa shape index (κ2) is 5.96. The Hall–Kier alpha value is -0.780. The fourth-order valence-electron chi connectivity index (χ4n) is 1.18. The van der Waals surface area contributed by atoms with Gasteiger partial charge in [0.15, 0.2) is 0 Å². The quantitative estimate of drug-likeness (QED) is 0.492. The number of hydrogen-bond donors (Lipinski definition) is 0. The zero-order valence-corrected chi connectivity index (χ0v) is 7.00. The van der Waals surface area contributed by atoms with Gasteiger partial charge in [0, 0.05) is 0 Å². The molecule has 0 saturated carbocycles. The third kappa shape index (κ3) is 4.60. The fourth-order valence-corrected chi connectivity index (χ4v) is 1.18. The van der Waals surface area contributed by atoms with Crippen LogP contribution in [0.1, 0.15) is 32.1 Å². The second-order valence-corrected chi connectivity index (χ2v) is 2.88. The van der Waals surface area contributed by atoms with Crippen molar-refractivity contribution in [1.82, 2.24) is 0 Å². The number of rotatable bonds is 0. The van der Waals surface area contributed by atoms with E-state index in [4.69, 9.17) is 0 Å². The molecule has 0 spiro atoms. The van der Waals surface area contributed by atoms with Crippen LogP contribution in [0.5, 0.6) is 0 Å². The Balaban J connectivity index is 2.36. The fraction of sp³-hybridized carbons (Fsp3) is 0.455. The van der Waals surface area contributed by atoms with E-state index >= 15 is 0 Å². The topological polar surface area (TPSA) is 0 Å². The van der Waals surface area contributed by atoms with Crippen molar-refractivity contribution in [2.24, 2.45) is 0 Å². The SMILES string of the molecule is C1=C/C=C/CCCCCC=C1. The van der Waals surface area contributed by atoms with Gasteiger partial charge in [-0.2, -0.15) is 0 Å². The first-order valence-corrected chi connectivity index (χ1v) is 4.48. The molecule has 0 amide bonds. The highest BCUT2D eigenvalue weighted by Crippen LogP contribution is 2.05. The predicted molar refractivity (Wildman–Crippen MR) is 50.5 cm³/mol. The van der Waals surface area contributed by atoms with Crippen LogP contribution < -0.4 is 0 Å². The molecule has 0 atom stereocenters. The minimum Gasteiger partial charge on any atom is -0.0845 e. The van der Waals surface area contributed by atoms with Crippen molar-refractivity contribution in [2.75, 3.05) is 0 Å². The van der Waals surface area contributed by atoms with E-state index in [1.54, 1.807) is 0 Å². The van der Waals surface area contributed by atoms with Crippen LogP contribution in [-0.2, 0) is 0 Å². The largest absolute Gasteiger partial charge is 0.0845 e. The van der Waals surface area contributed by atoms with E-state index in [-0.39, 0.29) is 0 Å². The number of hydrogen-bond acceptors (Lipinski definition) is 0. The molecule has 0 heterocycles. The summed E-state index contributed by atoms with van der Waals surface area (Å²) in [4.78, 5) is 0. The molecular formula is C11H16. The zero-order valence-electron chi connectivity index (χ0n) is 7.00. The molecule has 0 radical (unpaired) electrons. The van der Waals surface area contributed by atoms with Crippen LogP contribution in [0.25, 0.3) is 0 Å². The van der Waals surface area contributed by atoms with Gasteiger partial charge in [-0.15, -0.1) is 0 Å². The van der Waals surface area contributed by atoms with Crippen molar-refractivity contribution in [1.29, 1.82) is 0 Å². The van der Waals surface area contributed by atoms with E-state index in [2.05, 4.69) is 36.5 Å². The second-order valence-electron chi connectivity index (χ2n) is 2.88. The van der Waals surface area contributed by atoms with Gasteiger partial charge in [-0.05, 0) is 25.7 Å².